The van der Waals surface area contributed by atoms with Gasteiger partial charge in [-0.2, -0.15) is 0 Å². The van der Waals surface area contributed by atoms with Gasteiger partial charge in [0, 0.05) is 29.4 Å². The summed E-state index contributed by atoms with van der Waals surface area (Å²) >= 11 is 0. The maximum absolute atomic E-state index is 13.0. The third kappa shape index (κ3) is 5.08. The van der Waals surface area contributed by atoms with Gasteiger partial charge in [0.1, 0.15) is 23.4 Å². The molecular weight excluding hydrogens is 380 g/mol. The molecule has 0 saturated heterocycles. The minimum Gasteiger partial charge on any atom is -0.507 e. The zero-order valence-electron chi connectivity index (χ0n) is 16.6. The van der Waals surface area contributed by atoms with Crippen molar-refractivity contribution in [2.75, 3.05) is 12.4 Å². The van der Waals surface area contributed by atoms with Gasteiger partial charge in [-0.3, -0.25) is 10.2 Å². The van der Waals surface area contributed by atoms with Crippen molar-refractivity contribution >= 4 is 17.4 Å². The zero-order chi connectivity index (χ0) is 21.5. The number of ether oxygens (including phenoxy) is 1. The lowest BCUT2D eigenvalue weighted by Gasteiger charge is -2.21. The number of nitrogens with two attached hydrogens (primary N) is 1. The topological polar surface area (TPSA) is 120 Å². The molecule has 0 spiro atoms. The minimum absolute atomic E-state index is 0.0356. The Morgan fingerprint density at radius 1 is 1.10 bits per heavy atom. The van der Waals surface area contributed by atoms with E-state index in [2.05, 4.69) is 10.6 Å². The number of amides is 1. The molecule has 0 bridgehead atoms. The third-order valence-electron chi connectivity index (χ3n) is 4.63. The van der Waals surface area contributed by atoms with Crippen LogP contribution < -0.4 is 21.1 Å². The first kappa shape index (κ1) is 20.7. The smallest absolute Gasteiger partial charge is 0.247 e. The second kappa shape index (κ2) is 9.47. The van der Waals surface area contributed by atoms with Crippen LogP contribution in [0.3, 0.4) is 0 Å². The number of phenols is 1. The highest BCUT2D eigenvalue weighted by Crippen LogP contribution is 2.31. The minimum atomic E-state index is -0.845. The standard InChI is InChI=1S/C23H24N4O3/c1-30-18-11-12-19(20(28)13-18)21(23(29)26-14-15-5-3-2-4-6-15)27-17-9-7-16(8-10-17)22(24)25/h2-13,21,27-28H,14H2,1H3,(H3,24,25)(H,26,29). The number of nitrogen functional groups attached to an aromatic ring is 1. The summed E-state index contributed by atoms with van der Waals surface area (Å²) in [6.07, 6.45) is 0. The Labute approximate surface area is 175 Å². The van der Waals surface area contributed by atoms with Crippen LogP contribution in [0.2, 0.25) is 0 Å². The van der Waals surface area contributed by atoms with E-state index in [1.807, 2.05) is 30.3 Å². The fraction of sp³-hybridized carbons (Fsp3) is 0.130. The highest BCUT2D eigenvalue weighted by molar-refractivity contribution is 5.95. The first-order valence-corrected chi connectivity index (χ1v) is 9.37. The molecule has 0 fully saturated rings. The molecule has 0 aliphatic heterocycles. The molecule has 0 aliphatic carbocycles. The molecule has 1 atom stereocenters. The first-order valence-electron chi connectivity index (χ1n) is 9.37. The van der Waals surface area contributed by atoms with E-state index in [-0.39, 0.29) is 17.5 Å². The Morgan fingerprint density at radius 3 is 2.40 bits per heavy atom. The summed E-state index contributed by atoms with van der Waals surface area (Å²) in [5.74, 6) is 0.106. The molecule has 0 aliphatic rings. The van der Waals surface area contributed by atoms with Gasteiger partial charge in [0.15, 0.2) is 0 Å². The third-order valence-corrected chi connectivity index (χ3v) is 4.63. The summed E-state index contributed by atoms with van der Waals surface area (Å²) in [6.45, 7) is 0.359. The van der Waals surface area contributed by atoms with Crippen molar-refractivity contribution < 1.29 is 14.6 Å². The number of carbonyl (C=O) groups excluding carboxylic acids is 1. The van der Waals surface area contributed by atoms with Crippen LogP contribution >= 0.6 is 0 Å². The van der Waals surface area contributed by atoms with Gasteiger partial charge in [-0.1, -0.05) is 30.3 Å². The molecule has 7 nitrogen and oxygen atoms in total. The van der Waals surface area contributed by atoms with E-state index < -0.39 is 6.04 Å². The van der Waals surface area contributed by atoms with Crippen LogP contribution in [0, 0.1) is 5.41 Å². The zero-order valence-corrected chi connectivity index (χ0v) is 16.6. The van der Waals surface area contributed by atoms with Crippen molar-refractivity contribution in [1.82, 2.24) is 5.32 Å². The number of amidine groups is 1. The number of carbonyl (C=O) groups is 1. The normalized spacial score (nSPS) is 11.4. The molecule has 0 radical (unpaired) electrons. The predicted octanol–water partition coefficient (Wildman–Crippen LogP) is 3.15. The van der Waals surface area contributed by atoms with E-state index in [9.17, 15) is 9.90 Å². The average Bonchev–Trinajstić information content (AvgIpc) is 2.77. The first-order chi connectivity index (χ1) is 14.5. The van der Waals surface area contributed by atoms with Crippen molar-refractivity contribution in [3.63, 3.8) is 0 Å². The number of benzene rings is 3. The Kier molecular flexibility index (Phi) is 6.54. The molecule has 30 heavy (non-hydrogen) atoms. The van der Waals surface area contributed by atoms with Gasteiger partial charge in [0.2, 0.25) is 5.91 Å². The van der Waals surface area contributed by atoms with Crippen molar-refractivity contribution in [1.29, 1.82) is 5.41 Å². The van der Waals surface area contributed by atoms with E-state index in [0.29, 0.717) is 29.1 Å². The van der Waals surface area contributed by atoms with Crippen molar-refractivity contribution in [2.45, 2.75) is 12.6 Å². The Hall–Kier alpha value is -4.00. The number of rotatable bonds is 8. The van der Waals surface area contributed by atoms with Crippen LogP contribution in [-0.2, 0) is 11.3 Å². The lowest BCUT2D eigenvalue weighted by Crippen LogP contribution is -2.33. The SMILES string of the molecule is COc1ccc(C(Nc2ccc(C(=N)N)cc2)C(=O)NCc2ccccc2)c(O)c1. The second-order valence-electron chi connectivity index (χ2n) is 6.70. The maximum Gasteiger partial charge on any atom is 0.247 e. The van der Waals surface area contributed by atoms with Gasteiger partial charge >= 0.3 is 0 Å². The highest BCUT2D eigenvalue weighted by Gasteiger charge is 2.24. The van der Waals surface area contributed by atoms with E-state index in [4.69, 9.17) is 15.9 Å². The fourth-order valence-electron chi connectivity index (χ4n) is 2.98. The molecular formula is C23H24N4O3. The van der Waals surface area contributed by atoms with Gasteiger partial charge in [0.25, 0.3) is 0 Å². The summed E-state index contributed by atoms with van der Waals surface area (Å²) in [5.41, 5.74) is 8.11. The predicted molar refractivity (Wildman–Crippen MR) is 117 cm³/mol. The molecule has 7 heteroatoms. The van der Waals surface area contributed by atoms with E-state index in [1.165, 1.54) is 13.2 Å². The summed E-state index contributed by atoms with van der Waals surface area (Å²) in [5, 5.41) is 24.0. The number of methoxy groups -OCH3 is 1. The number of aromatic hydroxyl groups is 1. The molecule has 6 N–H and O–H groups in total. The molecule has 1 unspecified atom stereocenters. The van der Waals surface area contributed by atoms with E-state index in [0.717, 1.165) is 5.56 Å². The van der Waals surface area contributed by atoms with Crippen molar-refractivity contribution in [3.8, 4) is 11.5 Å². The van der Waals surface area contributed by atoms with Crippen molar-refractivity contribution in [2.24, 2.45) is 5.73 Å². The summed E-state index contributed by atoms with van der Waals surface area (Å²) < 4.78 is 5.14. The number of anilines is 1. The lowest BCUT2D eigenvalue weighted by molar-refractivity contribution is -0.122. The van der Waals surface area contributed by atoms with Crippen LogP contribution in [0.5, 0.6) is 11.5 Å². The van der Waals surface area contributed by atoms with Crippen LogP contribution in [0.4, 0.5) is 5.69 Å². The van der Waals surface area contributed by atoms with Gasteiger partial charge in [-0.25, -0.2) is 0 Å². The van der Waals surface area contributed by atoms with Gasteiger partial charge < -0.3 is 26.2 Å². The Morgan fingerprint density at radius 2 is 1.80 bits per heavy atom. The van der Waals surface area contributed by atoms with Gasteiger partial charge in [0.05, 0.1) is 7.11 Å². The van der Waals surface area contributed by atoms with Gasteiger partial charge in [-0.05, 0) is 42.0 Å². The molecule has 154 valence electrons. The summed E-state index contributed by atoms with van der Waals surface area (Å²) in [7, 11) is 1.51. The van der Waals surface area contributed by atoms with Gasteiger partial charge in [-0.15, -0.1) is 0 Å². The molecule has 3 rings (SSSR count). The molecule has 0 aromatic heterocycles. The largest absolute Gasteiger partial charge is 0.507 e. The van der Waals surface area contributed by atoms with Crippen LogP contribution in [0.1, 0.15) is 22.7 Å². The van der Waals surface area contributed by atoms with Crippen LogP contribution in [0.25, 0.3) is 0 Å². The maximum atomic E-state index is 13.0. The fourth-order valence-corrected chi connectivity index (χ4v) is 2.98. The molecule has 3 aromatic carbocycles. The van der Waals surface area contributed by atoms with Crippen molar-refractivity contribution in [3.05, 3.63) is 89.5 Å². The summed E-state index contributed by atoms with van der Waals surface area (Å²) in [4.78, 5) is 13.0. The monoisotopic (exact) mass is 404 g/mol. The van der Waals surface area contributed by atoms with E-state index in [1.54, 1.807) is 36.4 Å². The molecule has 0 heterocycles. The second-order valence-corrected chi connectivity index (χ2v) is 6.70. The number of hydrogen-bond acceptors (Lipinski definition) is 5. The highest BCUT2D eigenvalue weighted by atomic mass is 16.5. The van der Waals surface area contributed by atoms with Crippen LogP contribution in [-0.4, -0.2) is 24.0 Å². The van der Waals surface area contributed by atoms with Crippen LogP contribution in [0.15, 0.2) is 72.8 Å². The Balaban J connectivity index is 1.85. The Bertz CT molecular complexity index is 1020. The average molecular weight is 404 g/mol. The molecule has 1 amide bonds. The number of hydrogen-bond donors (Lipinski definition) is 5. The van der Waals surface area contributed by atoms with E-state index >= 15 is 0 Å². The number of nitrogens with one attached hydrogen (secondary N) is 3. The quantitative estimate of drug-likeness (QED) is 0.292. The summed E-state index contributed by atoms with van der Waals surface area (Å²) in [6, 6.07) is 20.4. The number of phenolic OH excluding ortho intramolecular Hbond substituents is 1. The molecule has 0 saturated carbocycles. The molecule has 3 aromatic rings. The lowest BCUT2D eigenvalue weighted by atomic mass is 10.0.